The summed E-state index contributed by atoms with van der Waals surface area (Å²) in [5.41, 5.74) is 1.22. The molecule has 0 aliphatic carbocycles. The van der Waals surface area contributed by atoms with Gasteiger partial charge >= 0.3 is 0 Å². The molecule has 1 saturated heterocycles. The normalized spacial score (nSPS) is 21.7. The number of phenols is 1. The maximum atomic E-state index is 9.22. The van der Waals surface area contributed by atoms with E-state index in [2.05, 4.69) is 12.2 Å². The van der Waals surface area contributed by atoms with Crippen molar-refractivity contribution in [1.29, 1.82) is 0 Å². The maximum Gasteiger partial charge on any atom is 0.115 e. The molecule has 0 amide bonds. The van der Waals surface area contributed by atoms with E-state index in [4.69, 9.17) is 9.47 Å². The molecule has 4 heteroatoms. The zero-order chi connectivity index (χ0) is 12.8. The largest absolute Gasteiger partial charge is 0.508 e. The van der Waals surface area contributed by atoms with Crippen molar-refractivity contribution in [3.63, 3.8) is 0 Å². The van der Waals surface area contributed by atoms with Crippen LogP contribution >= 0.6 is 0 Å². The second-order valence-corrected chi connectivity index (χ2v) is 4.75. The van der Waals surface area contributed by atoms with Crippen molar-refractivity contribution in [2.45, 2.75) is 25.5 Å². The van der Waals surface area contributed by atoms with Crippen molar-refractivity contribution in [3.8, 4) is 5.75 Å². The highest BCUT2D eigenvalue weighted by molar-refractivity contribution is 5.26. The third kappa shape index (κ3) is 4.29. The molecule has 0 aromatic heterocycles. The van der Waals surface area contributed by atoms with Crippen molar-refractivity contribution in [1.82, 2.24) is 5.32 Å². The second kappa shape index (κ2) is 6.73. The number of benzene rings is 1. The lowest BCUT2D eigenvalue weighted by molar-refractivity contribution is -0.0869. The van der Waals surface area contributed by atoms with Crippen molar-refractivity contribution >= 4 is 0 Å². The summed E-state index contributed by atoms with van der Waals surface area (Å²) in [6.07, 6.45) is 1.11. The molecule has 100 valence electrons. The summed E-state index contributed by atoms with van der Waals surface area (Å²) >= 11 is 0. The van der Waals surface area contributed by atoms with Crippen LogP contribution in [-0.4, -0.2) is 43.6 Å². The zero-order valence-corrected chi connectivity index (χ0v) is 10.8. The Kier molecular flexibility index (Phi) is 4.99. The number of ether oxygens (including phenoxy) is 2. The van der Waals surface area contributed by atoms with E-state index in [-0.39, 0.29) is 6.10 Å². The fourth-order valence-corrected chi connectivity index (χ4v) is 2.04. The number of rotatable bonds is 5. The number of hydrogen-bond donors (Lipinski definition) is 2. The number of phenolic OH excluding ortho intramolecular Hbond substituents is 1. The summed E-state index contributed by atoms with van der Waals surface area (Å²) in [5, 5.41) is 12.7. The monoisotopic (exact) mass is 251 g/mol. The number of aromatic hydroxyl groups is 1. The minimum absolute atomic E-state index is 0.168. The quantitative estimate of drug-likeness (QED) is 0.829. The number of hydrogen-bond acceptors (Lipinski definition) is 4. The average Bonchev–Trinajstić information content (AvgIpc) is 2.40. The Bertz CT molecular complexity index is 347. The molecule has 1 aromatic rings. The number of nitrogens with one attached hydrogen (secondary N) is 1. The van der Waals surface area contributed by atoms with Crippen LogP contribution in [0.25, 0.3) is 0 Å². The third-order valence-corrected chi connectivity index (χ3v) is 3.06. The Morgan fingerprint density at radius 1 is 1.33 bits per heavy atom. The highest BCUT2D eigenvalue weighted by Gasteiger charge is 2.14. The van der Waals surface area contributed by atoms with Crippen molar-refractivity contribution in [2.24, 2.45) is 0 Å². The molecular formula is C14H21NO3. The smallest absolute Gasteiger partial charge is 0.115 e. The van der Waals surface area contributed by atoms with Gasteiger partial charge in [-0.15, -0.1) is 0 Å². The summed E-state index contributed by atoms with van der Waals surface area (Å²) < 4.78 is 10.9. The molecular weight excluding hydrogens is 230 g/mol. The van der Waals surface area contributed by atoms with Gasteiger partial charge in [0, 0.05) is 12.6 Å². The molecule has 0 bridgehead atoms. The Morgan fingerprint density at radius 2 is 2.11 bits per heavy atom. The van der Waals surface area contributed by atoms with Crippen molar-refractivity contribution < 1.29 is 14.6 Å². The Morgan fingerprint density at radius 3 is 2.78 bits per heavy atom. The first-order chi connectivity index (χ1) is 8.74. The van der Waals surface area contributed by atoms with E-state index in [1.165, 1.54) is 5.56 Å². The van der Waals surface area contributed by atoms with Gasteiger partial charge in [-0.2, -0.15) is 0 Å². The van der Waals surface area contributed by atoms with E-state index in [1.807, 2.05) is 12.1 Å². The van der Waals surface area contributed by atoms with Crippen molar-refractivity contribution in [3.05, 3.63) is 29.8 Å². The summed E-state index contributed by atoms with van der Waals surface area (Å²) in [6.45, 7) is 5.05. The van der Waals surface area contributed by atoms with E-state index in [1.54, 1.807) is 12.1 Å². The third-order valence-electron chi connectivity index (χ3n) is 3.06. The van der Waals surface area contributed by atoms with Gasteiger partial charge < -0.3 is 19.9 Å². The minimum Gasteiger partial charge on any atom is -0.508 e. The first-order valence-electron chi connectivity index (χ1n) is 6.44. The van der Waals surface area contributed by atoms with Crippen LogP contribution in [0, 0.1) is 0 Å². The predicted molar refractivity (Wildman–Crippen MR) is 69.8 cm³/mol. The highest BCUT2D eigenvalue weighted by atomic mass is 16.6. The van der Waals surface area contributed by atoms with E-state index < -0.39 is 0 Å². The second-order valence-electron chi connectivity index (χ2n) is 4.75. The summed E-state index contributed by atoms with van der Waals surface area (Å²) in [7, 11) is 0. The van der Waals surface area contributed by atoms with E-state index in [0.717, 1.165) is 13.0 Å². The average molecular weight is 251 g/mol. The zero-order valence-electron chi connectivity index (χ0n) is 10.8. The van der Waals surface area contributed by atoms with Gasteiger partial charge in [-0.25, -0.2) is 0 Å². The summed E-state index contributed by atoms with van der Waals surface area (Å²) in [6, 6.07) is 7.72. The van der Waals surface area contributed by atoms with Crippen LogP contribution in [0.2, 0.25) is 0 Å². The molecule has 2 unspecified atom stereocenters. The molecule has 2 N–H and O–H groups in total. The van der Waals surface area contributed by atoms with Crippen LogP contribution in [0.1, 0.15) is 12.5 Å². The molecule has 1 aliphatic heterocycles. The standard InChI is InChI=1S/C14H21NO3/c1-11(8-12-2-4-13(16)5-3-12)15-9-14-10-17-6-7-18-14/h2-5,11,14-16H,6-10H2,1H3. The van der Waals surface area contributed by atoms with Crippen LogP contribution < -0.4 is 5.32 Å². The van der Waals surface area contributed by atoms with Gasteiger partial charge in [0.05, 0.1) is 25.9 Å². The molecule has 4 nitrogen and oxygen atoms in total. The lowest BCUT2D eigenvalue weighted by Gasteiger charge is -2.25. The molecule has 0 radical (unpaired) electrons. The van der Waals surface area contributed by atoms with Crippen LogP contribution in [-0.2, 0) is 15.9 Å². The lowest BCUT2D eigenvalue weighted by atomic mass is 10.1. The molecule has 1 aliphatic rings. The minimum atomic E-state index is 0.168. The van der Waals surface area contributed by atoms with Gasteiger partial charge in [0.1, 0.15) is 5.75 Å². The molecule has 0 spiro atoms. The molecule has 1 aromatic carbocycles. The Balaban J connectivity index is 1.71. The van der Waals surface area contributed by atoms with Gasteiger partial charge in [-0.05, 0) is 31.0 Å². The van der Waals surface area contributed by atoms with Gasteiger partial charge in [0.15, 0.2) is 0 Å². The Labute approximate surface area is 108 Å². The SMILES string of the molecule is CC(Cc1ccc(O)cc1)NCC1COCCO1. The molecule has 2 rings (SSSR count). The summed E-state index contributed by atoms with van der Waals surface area (Å²) in [4.78, 5) is 0. The van der Waals surface area contributed by atoms with E-state index >= 15 is 0 Å². The van der Waals surface area contributed by atoms with Crippen LogP contribution in [0.3, 0.4) is 0 Å². The first kappa shape index (κ1) is 13.3. The highest BCUT2D eigenvalue weighted by Crippen LogP contribution is 2.11. The van der Waals surface area contributed by atoms with Gasteiger partial charge in [-0.3, -0.25) is 0 Å². The van der Waals surface area contributed by atoms with Crippen LogP contribution in [0.4, 0.5) is 0 Å². The van der Waals surface area contributed by atoms with Crippen molar-refractivity contribution in [2.75, 3.05) is 26.4 Å². The van der Waals surface area contributed by atoms with E-state index in [9.17, 15) is 5.11 Å². The van der Waals surface area contributed by atoms with Crippen LogP contribution in [0.15, 0.2) is 24.3 Å². The lowest BCUT2D eigenvalue weighted by Crippen LogP contribution is -2.41. The van der Waals surface area contributed by atoms with Crippen LogP contribution in [0.5, 0.6) is 5.75 Å². The predicted octanol–water partition coefficient (Wildman–Crippen LogP) is 1.33. The first-order valence-corrected chi connectivity index (χ1v) is 6.44. The fraction of sp³-hybridized carbons (Fsp3) is 0.571. The molecule has 2 atom stereocenters. The maximum absolute atomic E-state index is 9.22. The van der Waals surface area contributed by atoms with E-state index in [0.29, 0.717) is 31.6 Å². The molecule has 18 heavy (non-hydrogen) atoms. The topological polar surface area (TPSA) is 50.7 Å². The Hall–Kier alpha value is -1.10. The molecule has 0 saturated carbocycles. The molecule has 1 heterocycles. The van der Waals surface area contributed by atoms with Gasteiger partial charge in [-0.1, -0.05) is 12.1 Å². The van der Waals surface area contributed by atoms with Gasteiger partial charge in [0.25, 0.3) is 0 Å². The fourth-order valence-electron chi connectivity index (χ4n) is 2.04. The molecule has 1 fully saturated rings. The van der Waals surface area contributed by atoms with Gasteiger partial charge in [0.2, 0.25) is 0 Å². The summed E-state index contributed by atoms with van der Waals surface area (Å²) in [5.74, 6) is 0.312.